The Morgan fingerprint density at radius 1 is 1.32 bits per heavy atom. The Kier molecular flexibility index (Phi) is 5.27. The smallest absolute Gasteiger partial charge is 0.244 e. The van der Waals surface area contributed by atoms with Gasteiger partial charge in [-0.1, -0.05) is 41.9 Å². The van der Waals surface area contributed by atoms with Crippen molar-refractivity contribution in [3.05, 3.63) is 34.4 Å². The van der Waals surface area contributed by atoms with Crippen molar-refractivity contribution < 1.29 is 4.79 Å². The van der Waals surface area contributed by atoms with Gasteiger partial charge in [-0.05, 0) is 37.0 Å². The van der Waals surface area contributed by atoms with Crippen LogP contribution in [0.3, 0.4) is 0 Å². The third-order valence-electron chi connectivity index (χ3n) is 4.65. The molecule has 0 spiro atoms. The van der Waals surface area contributed by atoms with Crippen LogP contribution in [0.15, 0.2) is 28.7 Å². The number of hydrogen-bond donors (Lipinski definition) is 3. The number of hydrazine groups is 1. The molecule has 7 heteroatoms. The third kappa shape index (κ3) is 3.78. The van der Waals surface area contributed by atoms with Gasteiger partial charge in [0.1, 0.15) is 11.9 Å². The summed E-state index contributed by atoms with van der Waals surface area (Å²) < 4.78 is 2.75. The highest BCUT2D eigenvalue weighted by Gasteiger charge is 2.31. The molecule has 0 saturated carbocycles. The molecule has 6 nitrogen and oxygen atoms in total. The van der Waals surface area contributed by atoms with E-state index in [1.807, 2.05) is 38.2 Å². The first-order valence-electron chi connectivity index (χ1n) is 8.48. The fourth-order valence-electron chi connectivity index (χ4n) is 3.16. The van der Waals surface area contributed by atoms with Gasteiger partial charge in [-0.2, -0.15) is 5.10 Å². The van der Waals surface area contributed by atoms with Crippen LogP contribution in [0, 0.1) is 12.8 Å². The van der Waals surface area contributed by atoms with Gasteiger partial charge in [0.25, 0.3) is 0 Å². The average Bonchev–Trinajstić information content (AvgIpc) is 3.15. The number of carbonyl (C=O) groups excluding carboxylic acids is 1. The van der Waals surface area contributed by atoms with Crippen molar-refractivity contribution in [3.8, 4) is 11.1 Å². The first kappa shape index (κ1) is 18.1. The normalized spacial score (nSPS) is 20.2. The number of carbonyl (C=O) groups is 1. The first-order valence-corrected chi connectivity index (χ1v) is 9.27. The molecule has 1 amide bonds. The van der Waals surface area contributed by atoms with Crippen LogP contribution in [-0.2, 0) is 11.8 Å². The molecule has 1 aromatic carbocycles. The van der Waals surface area contributed by atoms with E-state index in [2.05, 4.69) is 51.0 Å². The Labute approximate surface area is 156 Å². The van der Waals surface area contributed by atoms with Crippen molar-refractivity contribution in [2.75, 3.05) is 5.32 Å². The van der Waals surface area contributed by atoms with Crippen LogP contribution in [0.4, 0.5) is 5.82 Å². The highest BCUT2D eigenvalue weighted by Crippen LogP contribution is 2.32. The zero-order valence-electron chi connectivity index (χ0n) is 14.9. The van der Waals surface area contributed by atoms with Crippen LogP contribution < -0.4 is 16.2 Å². The Morgan fingerprint density at radius 2 is 2.00 bits per heavy atom. The number of hydrogen-bond acceptors (Lipinski definition) is 4. The van der Waals surface area contributed by atoms with Crippen molar-refractivity contribution >= 4 is 27.7 Å². The van der Waals surface area contributed by atoms with Gasteiger partial charge < -0.3 is 5.32 Å². The molecule has 1 aromatic heterocycles. The Bertz CT molecular complexity index is 769. The van der Waals surface area contributed by atoms with Crippen molar-refractivity contribution in [2.24, 2.45) is 13.0 Å². The molecule has 2 heterocycles. The molecule has 3 rings (SSSR count). The molecule has 25 heavy (non-hydrogen) atoms. The molecule has 1 aliphatic rings. The maximum Gasteiger partial charge on any atom is 0.244 e. The number of aryl methyl sites for hydroxylation is 2. The number of anilines is 1. The highest BCUT2D eigenvalue weighted by atomic mass is 79.9. The van der Waals surface area contributed by atoms with Gasteiger partial charge in [0.05, 0.1) is 5.69 Å². The van der Waals surface area contributed by atoms with E-state index in [1.54, 1.807) is 4.68 Å². The van der Waals surface area contributed by atoms with Gasteiger partial charge in [-0.25, -0.2) is 5.43 Å². The second-order valence-electron chi connectivity index (χ2n) is 6.86. The molecule has 2 unspecified atom stereocenters. The molecule has 2 atom stereocenters. The van der Waals surface area contributed by atoms with Gasteiger partial charge >= 0.3 is 0 Å². The van der Waals surface area contributed by atoms with E-state index in [9.17, 15) is 4.79 Å². The van der Waals surface area contributed by atoms with Crippen molar-refractivity contribution in [3.63, 3.8) is 0 Å². The van der Waals surface area contributed by atoms with Gasteiger partial charge in [0, 0.05) is 23.1 Å². The number of nitrogens with zero attached hydrogens (tertiary/aromatic N) is 2. The Balaban J connectivity index is 1.83. The molecular formula is C18H24BrN5O. The number of rotatable bonds is 4. The van der Waals surface area contributed by atoms with Crippen molar-refractivity contribution in [2.45, 2.75) is 39.3 Å². The van der Waals surface area contributed by atoms with E-state index in [-0.39, 0.29) is 11.9 Å². The highest BCUT2D eigenvalue weighted by molar-refractivity contribution is 9.10. The molecule has 3 N–H and O–H groups in total. The second kappa shape index (κ2) is 7.27. The predicted octanol–water partition coefficient (Wildman–Crippen LogP) is 2.99. The van der Waals surface area contributed by atoms with E-state index in [4.69, 9.17) is 0 Å². The summed E-state index contributed by atoms with van der Waals surface area (Å²) in [7, 11) is 1.85. The predicted molar refractivity (Wildman–Crippen MR) is 103 cm³/mol. The minimum Gasteiger partial charge on any atom is -0.309 e. The van der Waals surface area contributed by atoms with Crippen LogP contribution in [0.1, 0.15) is 26.0 Å². The number of benzene rings is 1. The second-order valence-corrected chi connectivity index (χ2v) is 7.77. The zero-order valence-corrected chi connectivity index (χ0v) is 16.5. The molecule has 0 bridgehead atoms. The van der Waals surface area contributed by atoms with Gasteiger partial charge in [-0.15, -0.1) is 0 Å². The Morgan fingerprint density at radius 3 is 2.60 bits per heavy atom. The molecule has 1 fully saturated rings. The lowest BCUT2D eigenvalue weighted by Crippen LogP contribution is -2.41. The summed E-state index contributed by atoms with van der Waals surface area (Å²) in [6.07, 6.45) is 0.772. The standard InChI is InChI=1S/C18H24BrN5O/c1-10(2)14-9-15(22-21-14)18(25)20-17-16(11(3)23-24(17)4)12-5-7-13(19)8-6-12/h5-8,10,14-15,21-22H,9H2,1-4H3,(H,20,25). The van der Waals surface area contributed by atoms with Crippen molar-refractivity contribution in [1.82, 2.24) is 20.6 Å². The van der Waals surface area contributed by atoms with E-state index in [1.165, 1.54) is 0 Å². The van der Waals surface area contributed by atoms with Gasteiger partial charge in [0.15, 0.2) is 0 Å². The van der Waals surface area contributed by atoms with Gasteiger partial charge in [-0.3, -0.25) is 14.9 Å². The summed E-state index contributed by atoms with van der Waals surface area (Å²) in [6.45, 7) is 6.25. The Hall–Kier alpha value is -1.70. The monoisotopic (exact) mass is 405 g/mol. The van der Waals surface area contributed by atoms with Crippen LogP contribution in [0.2, 0.25) is 0 Å². The summed E-state index contributed by atoms with van der Waals surface area (Å²) in [5.41, 5.74) is 9.18. The lowest BCUT2D eigenvalue weighted by atomic mass is 9.99. The minimum absolute atomic E-state index is 0.0444. The topological polar surface area (TPSA) is 71.0 Å². The van der Waals surface area contributed by atoms with E-state index < -0.39 is 0 Å². The van der Waals surface area contributed by atoms with Crippen LogP contribution in [0.25, 0.3) is 11.1 Å². The van der Waals surface area contributed by atoms with Crippen LogP contribution in [0.5, 0.6) is 0 Å². The molecule has 2 aromatic rings. The zero-order chi connectivity index (χ0) is 18.1. The molecule has 1 saturated heterocycles. The molecule has 134 valence electrons. The summed E-state index contributed by atoms with van der Waals surface area (Å²) in [4.78, 5) is 12.7. The van der Waals surface area contributed by atoms with E-state index in [0.717, 1.165) is 33.5 Å². The summed E-state index contributed by atoms with van der Waals surface area (Å²) >= 11 is 3.46. The molecule has 0 aliphatic carbocycles. The number of nitrogens with one attached hydrogen (secondary N) is 3. The largest absolute Gasteiger partial charge is 0.309 e. The quantitative estimate of drug-likeness (QED) is 0.730. The molecular weight excluding hydrogens is 382 g/mol. The van der Waals surface area contributed by atoms with Crippen LogP contribution in [-0.4, -0.2) is 27.8 Å². The van der Waals surface area contributed by atoms with Gasteiger partial charge in [0.2, 0.25) is 5.91 Å². The van der Waals surface area contributed by atoms with E-state index in [0.29, 0.717) is 12.0 Å². The lowest BCUT2D eigenvalue weighted by Gasteiger charge is -2.14. The maximum atomic E-state index is 12.7. The fourth-order valence-corrected chi connectivity index (χ4v) is 3.42. The molecule has 1 aliphatic heterocycles. The minimum atomic E-state index is -0.250. The fraction of sp³-hybridized carbons (Fsp3) is 0.444. The lowest BCUT2D eigenvalue weighted by molar-refractivity contribution is -0.117. The molecule has 0 radical (unpaired) electrons. The number of amides is 1. The first-order chi connectivity index (χ1) is 11.9. The number of aromatic nitrogens is 2. The summed E-state index contributed by atoms with van der Waals surface area (Å²) in [5.74, 6) is 1.15. The van der Waals surface area contributed by atoms with E-state index >= 15 is 0 Å². The van der Waals surface area contributed by atoms with Crippen LogP contribution >= 0.6 is 15.9 Å². The number of halogens is 1. The average molecular weight is 406 g/mol. The summed E-state index contributed by atoms with van der Waals surface area (Å²) in [5, 5.41) is 7.55. The maximum absolute atomic E-state index is 12.7. The van der Waals surface area contributed by atoms with Crippen molar-refractivity contribution in [1.29, 1.82) is 0 Å². The SMILES string of the molecule is Cc1nn(C)c(NC(=O)C2CC(C(C)C)NN2)c1-c1ccc(Br)cc1. The third-order valence-corrected chi connectivity index (χ3v) is 5.18. The summed E-state index contributed by atoms with van der Waals surface area (Å²) in [6, 6.07) is 8.07.